The van der Waals surface area contributed by atoms with Crippen molar-refractivity contribution in [2.75, 3.05) is 5.73 Å². The Hall–Kier alpha value is -0.990. The first-order valence-electron chi connectivity index (χ1n) is 7.54. The van der Waals surface area contributed by atoms with Gasteiger partial charge in [-0.05, 0) is 26.2 Å². The Morgan fingerprint density at radius 3 is 2.50 bits per heavy atom. The molecule has 3 nitrogen and oxygen atoms in total. The molecule has 1 atom stereocenters. The highest BCUT2D eigenvalue weighted by Crippen LogP contribution is 2.35. The average Bonchev–Trinajstić information content (AvgIpc) is 2.76. The molecule has 0 saturated heterocycles. The number of aromatic nitrogens is 2. The van der Waals surface area contributed by atoms with E-state index in [4.69, 9.17) is 10.7 Å². The molecule has 3 heteroatoms. The van der Waals surface area contributed by atoms with E-state index in [0.717, 1.165) is 24.5 Å². The van der Waals surface area contributed by atoms with Crippen molar-refractivity contribution in [2.24, 2.45) is 0 Å². The molecule has 1 fully saturated rings. The van der Waals surface area contributed by atoms with Gasteiger partial charge in [-0.3, -0.25) is 0 Å². The maximum atomic E-state index is 6.30. The highest BCUT2D eigenvalue weighted by atomic mass is 15.1. The first-order valence-corrected chi connectivity index (χ1v) is 7.54. The van der Waals surface area contributed by atoms with Gasteiger partial charge in [0, 0.05) is 18.4 Å². The molecule has 1 unspecified atom stereocenters. The molecular formula is C15H27N3. The van der Waals surface area contributed by atoms with Gasteiger partial charge in [-0.15, -0.1) is 0 Å². The molecule has 0 radical (unpaired) electrons. The van der Waals surface area contributed by atoms with Gasteiger partial charge in [-0.2, -0.15) is 0 Å². The molecule has 0 aromatic carbocycles. The number of anilines is 1. The minimum atomic E-state index is 0.472. The molecule has 0 bridgehead atoms. The van der Waals surface area contributed by atoms with Crippen molar-refractivity contribution in [3.63, 3.8) is 0 Å². The maximum absolute atomic E-state index is 6.30. The summed E-state index contributed by atoms with van der Waals surface area (Å²) in [6, 6.07) is 0. The van der Waals surface area contributed by atoms with Gasteiger partial charge in [0.25, 0.3) is 0 Å². The third kappa shape index (κ3) is 2.40. The van der Waals surface area contributed by atoms with Crippen LogP contribution in [0.1, 0.15) is 82.7 Å². The molecule has 1 saturated carbocycles. The number of hydrogen-bond acceptors (Lipinski definition) is 2. The van der Waals surface area contributed by atoms with E-state index in [1.807, 2.05) is 0 Å². The van der Waals surface area contributed by atoms with Crippen LogP contribution in [-0.4, -0.2) is 9.55 Å². The number of nitrogens with two attached hydrogens (primary N) is 1. The molecular weight excluding hydrogens is 222 g/mol. The predicted molar refractivity (Wildman–Crippen MR) is 76.8 cm³/mol. The predicted octanol–water partition coefficient (Wildman–Crippen LogP) is 4.05. The number of rotatable bonds is 4. The van der Waals surface area contributed by atoms with Gasteiger partial charge >= 0.3 is 0 Å². The van der Waals surface area contributed by atoms with Crippen molar-refractivity contribution in [2.45, 2.75) is 77.7 Å². The minimum Gasteiger partial charge on any atom is -0.384 e. The first-order chi connectivity index (χ1) is 8.69. The Kier molecular flexibility index (Phi) is 4.31. The van der Waals surface area contributed by atoms with Crippen molar-refractivity contribution in [1.29, 1.82) is 0 Å². The zero-order chi connectivity index (χ0) is 13.1. The van der Waals surface area contributed by atoms with E-state index in [1.165, 1.54) is 37.9 Å². The number of hydrogen-bond donors (Lipinski definition) is 1. The van der Waals surface area contributed by atoms with Crippen LogP contribution < -0.4 is 5.73 Å². The molecule has 1 aromatic heterocycles. The summed E-state index contributed by atoms with van der Waals surface area (Å²) in [5, 5.41) is 0. The molecule has 2 N–H and O–H groups in total. The second-order valence-corrected chi connectivity index (χ2v) is 5.63. The second kappa shape index (κ2) is 5.77. The van der Waals surface area contributed by atoms with Crippen LogP contribution in [0.2, 0.25) is 0 Å². The Balaban J connectivity index is 2.33. The molecule has 2 rings (SSSR count). The fraction of sp³-hybridized carbons (Fsp3) is 0.800. The third-order valence-electron chi connectivity index (χ3n) is 4.43. The summed E-state index contributed by atoms with van der Waals surface area (Å²) in [5.41, 5.74) is 7.42. The standard InChI is InChI=1S/C15H27N3/c1-4-11(3)13-14(16)18(5-2)15(17-13)12-9-7-6-8-10-12/h11-12H,4-10,16H2,1-3H3. The summed E-state index contributed by atoms with van der Waals surface area (Å²) in [7, 11) is 0. The lowest BCUT2D eigenvalue weighted by Gasteiger charge is -2.21. The van der Waals surface area contributed by atoms with Crippen molar-refractivity contribution >= 4 is 5.82 Å². The fourth-order valence-electron chi connectivity index (χ4n) is 3.06. The third-order valence-corrected chi connectivity index (χ3v) is 4.43. The fourth-order valence-corrected chi connectivity index (χ4v) is 3.06. The maximum Gasteiger partial charge on any atom is 0.127 e. The normalized spacial score (nSPS) is 19.1. The van der Waals surface area contributed by atoms with Gasteiger partial charge in [0.1, 0.15) is 11.6 Å². The summed E-state index contributed by atoms with van der Waals surface area (Å²) < 4.78 is 2.25. The van der Waals surface area contributed by atoms with E-state index in [2.05, 4.69) is 25.3 Å². The van der Waals surface area contributed by atoms with E-state index in [-0.39, 0.29) is 0 Å². The monoisotopic (exact) mass is 249 g/mol. The summed E-state index contributed by atoms with van der Waals surface area (Å²) in [4.78, 5) is 4.91. The molecule has 18 heavy (non-hydrogen) atoms. The molecule has 0 spiro atoms. The van der Waals surface area contributed by atoms with E-state index in [9.17, 15) is 0 Å². The second-order valence-electron chi connectivity index (χ2n) is 5.63. The lowest BCUT2D eigenvalue weighted by Crippen LogP contribution is -2.12. The average molecular weight is 249 g/mol. The SMILES string of the molecule is CCC(C)c1nc(C2CCCCC2)n(CC)c1N. The smallest absolute Gasteiger partial charge is 0.127 e. The molecule has 1 aromatic rings. The van der Waals surface area contributed by atoms with Gasteiger partial charge in [0.15, 0.2) is 0 Å². The van der Waals surface area contributed by atoms with Crippen molar-refractivity contribution in [3.05, 3.63) is 11.5 Å². The van der Waals surface area contributed by atoms with Gasteiger partial charge in [-0.25, -0.2) is 4.98 Å². The van der Waals surface area contributed by atoms with Gasteiger partial charge < -0.3 is 10.3 Å². The zero-order valence-corrected chi connectivity index (χ0v) is 12.1. The van der Waals surface area contributed by atoms with Gasteiger partial charge in [0.05, 0.1) is 5.69 Å². The van der Waals surface area contributed by atoms with E-state index >= 15 is 0 Å². The quantitative estimate of drug-likeness (QED) is 0.875. The van der Waals surface area contributed by atoms with Crippen LogP contribution in [-0.2, 0) is 6.54 Å². The Labute approximate surface area is 111 Å². The summed E-state index contributed by atoms with van der Waals surface area (Å²) in [6.45, 7) is 7.55. The number of imidazole rings is 1. The van der Waals surface area contributed by atoms with Crippen molar-refractivity contribution in [3.8, 4) is 0 Å². The largest absolute Gasteiger partial charge is 0.384 e. The summed E-state index contributed by atoms with van der Waals surface area (Å²) >= 11 is 0. The zero-order valence-electron chi connectivity index (χ0n) is 12.1. The lowest BCUT2D eigenvalue weighted by atomic mass is 9.88. The van der Waals surface area contributed by atoms with Gasteiger partial charge in [0.2, 0.25) is 0 Å². The van der Waals surface area contributed by atoms with Crippen LogP contribution in [0.5, 0.6) is 0 Å². The van der Waals surface area contributed by atoms with Crippen LogP contribution in [0.25, 0.3) is 0 Å². The van der Waals surface area contributed by atoms with Crippen molar-refractivity contribution in [1.82, 2.24) is 9.55 Å². The van der Waals surface area contributed by atoms with Crippen LogP contribution in [0.4, 0.5) is 5.82 Å². The summed E-state index contributed by atoms with van der Waals surface area (Å²) in [5.74, 6) is 3.27. The molecule has 1 heterocycles. The molecule has 1 aliphatic carbocycles. The Morgan fingerprint density at radius 2 is 1.94 bits per heavy atom. The van der Waals surface area contributed by atoms with Crippen LogP contribution >= 0.6 is 0 Å². The van der Waals surface area contributed by atoms with E-state index in [1.54, 1.807) is 0 Å². The lowest BCUT2D eigenvalue weighted by molar-refractivity contribution is 0.417. The van der Waals surface area contributed by atoms with Crippen LogP contribution in [0.15, 0.2) is 0 Å². The van der Waals surface area contributed by atoms with Crippen molar-refractivity contribution < 1.29 is 0 Å². The molecule has 0 aliphatic heterocycles. The molecule has 0 amide bonds. The Morgan fingerprint density at radius 1 is 1.28 bits per heavy atom. The highest BCUT2D eigenvalue weighted by molar-refractivity contribution is 5.41. The first kappa shape index (κ1) is 13.4. The number of nitrogen functional groups attached to an aromatic ring is 1. The van der Waals surface area contributed by atoms with Crippen LogP contribution in [0, 0.1) is 0 Å². The summed E-state index contributed by atoms with van der Waals surface area (Å²) in [6.07, 6.45) is 7.76. The Bertz CT molecular complexity index is 389. The minimum absolute atomic E-state index is 0.472. The molecule has 1 aliphatic rings. The topological polar surface area (TPSA) is 43.8 Å². The van der Waals surface area contributed by atoms with Gasteiger partial charge in [-0.1, -0.05) is 33.1 Å². The van der Waals surface area contributed by atoms with Crippen LogP contribution in [0.3, 0.4) is 0 Å². The van der Waals surface area contributed by atoms with E-state index in [0.29, 0.717) is 11.8 Å². The highest BCUT2D eigenvalue weighted by Gasteiger charge is 2.24. The van der Waals surface area contributed by atoms with E-state index < -0.39 is 0 Å². The number of nitrogens with zero attached hydrogens (tertiary/aromatic N) is 2. The molecule has 102 valence electrons.